The second-order valence-electron chi connectivity index (χ2n) is 4.04. The van der Waals surface area contributed by atoms with E-state index in [0.29, 0.717) is 13.1 Å². The molecule has 0 unspecified atom stereocenters. The van der Waals surface area contributed by atoms with Crippen molar-refractivity contribution in [3.05, 3.63) is 60.7 Å². The lowest BCUT2D eigenvalue weighted by Crippen LogP contribution is -2.32. The van der Waals surface area contributed by atoms with Crippen molar-refractivity contribution in [1.82, 2.24) is 5.32 Å². The number of nitrogens with one attached hydrogen (secondary N) is 3. The molecule has 0 radical (unpaired) electrons. The molecular formula is C15H17N3O. The summed E-state index contributed by atoms with van der Waals surface area (Å²) in [6, 6.07) is 19.1. The minimum absolute atomic E-state index is 0.193. The third kappa shape index (κ3) is 4.71. The summed E-state index contributed by atoms with van der Waals surface area (Å²) in [5.41, 5.74) is 1.84. The van der Waals surface area contributed by atoms with Crippen molar-refractivity contribution in [3.8, 4) is 0 Å². The molecule has 4 nitrogen and oxygen atoms in total. The molecule has 19 heavy (non-hydrogen) atoms. The summed E-state index contributed by atoms with van der Waals surface area (Å²) < 4.78 is 0. The molecule has 2 amide bonds. The van der Waals surface area contributed by atoms with E-state index in [1.807, 2.05) is 60.7 Å². The Labute approximate surface area is 112 Å². The van der Waals surface area contributed by atoms with Crippen molar-refractivity contribution >= 4 is 17.4 Å². The van der Waals surface area contributed by atoms with Gasteiger partial charge in [-0.3, -0.25) is 0 Å². The molecule has 0 aromatic heterocycles. The predicted molar refractivity (Wildman–Crippen MR) is 78.4 cm³/mol. The quantitative estimate of drug-likeness (QED) is 0.719. The number of hydrogen-bond acceptors (Lipinski definition) is 2. The summed E-state index contributed by atoms with van der Waals surface area (Å²) >= 11 is 0. The third-order valence-corrected chi connectivity index (χ3v) is 2.55. The van der Waals surface area contributed by atoms with Crippen LogP contribution in [-0.2, 0) is 0 Å². The van der Waals surface area contributed by atoms with E-state index in [1.165, 1.54) is 0 Å². The molecule has 0 fully saturated rings. The molecule has 0 heterocycles. The molecule has 0 bridgehead atoms. The van der Waals surface area contributed by atoms with E-state index in [0.717, 1.165) is 11.4 Å². The average molecular weight is 255 g/mol. The Bertz CT molecular complexity index is 499. The Morgan fingerprint density at radius 3 is 2.00 bits per heavy atom. The zero-order valence-electron chi connectivity index (χ0n) is 10.6. The van der Waals surface area contributed by atoms with Gasteiger partial charge >= 0.3 is 6.03 Å². The summed E-state index contributed by atoms with van der Waals surface area (Å²) in [7, 11) is 0. The summed E-state index contributed by atoms with van der Waals surface area (Å²) in [6.07, 6.45) is 0. The van der Waals surface area contributed by atoms with Crippen molar-refractivity contribution in [2.45, 2.75) is 0 Å². The van der Waals surface area contributed by atoms with Crippen LogP contribution in [0.1, 0.15) is 0 Å². The molecule has 3 N–H and O–H groups in total. The highest BCUT2D eigenvalue weighted by Crippen LogP contribution is 2.04. The average Bonchev–Trinajstić information content (AvgIpc) is 2.46. The number of urea groups is 1. The zero-order chi connectivity index (χ0) is 13.3. The first-order chi connectivity index (χ1) is 9.34. The monoisotopic (exact) mass is 255 g/mol. The molecule has 0 spiro atoms. The van der Waals surface area contributed by atoms with Gasteiger partial charge in [0.05, 0.1) is 0 Å². The van der Waals surface area contributed by atoms with Crippen LogP contribution in [0.4, 0.5) is 16.2 Å². The molecule has 0 saturated carbocycles. The number of para-hydroxylation sites is 2. The van der Waals surface area contributed by atoms with E-state index in [4.69, 9.17) is 0 Å². The van der Waals surface area contributed by atoms with Gasteiger partial charge in [-0.05, 0) is 24.3 Å². The first-order valence-corrected chi connectivity index (χ1v) is 6.23. The third-order valence-electron chi connectivity index (χ3n) is 2.55. The maximum atomic E-state index is 11.6. The highest BCUT2D eigenvalue weighted by Gasteiger charge is 1.99. The van der Waals surface area contributed by atoms with Crippen LogP contribution in [0, 0.1) is 0 Å². The highest BCUT2D eigenvalue weighted by molar-refractivity contribution is 5.89. The van der Waals surface area contributed by atoms with E-state index in [-0.39, 0.29) is 6.03 Å². The van der Waals surface area contributed by atoms with Gasteiger partial charge in [0.1, 0.15) is 0 Å². The second kappa shape index (κ2) is 7.06. The molecule has 0 aliphatic rings. The lowest BCUT2D eigenvalue weighted by Gasteiger charge is -2.09. The van der Waals surface area contributed by atoms with Gasteiger partial charge in [-0.25, -0.2) is 4.79 Å². The molecule has 2 aromatic rings. The molecule has 2 aromatic carbocycles. The molecule has 4 heteroatoms. The van der Waals surface area contributed by atoms with E-state index >= 15 is 0 Å². The number of carbonyl (C=O) groups is 1. The summed E-state index contributed by atoms with van der Waals surface area (Å²) in [5.74, 6) is 0. The Balaban J connectivity index is 1.65. The van der Waals surface area contributed by atoms with Gasteiger partial charge in [-0.1, -0.05) is 36.4 Å². The number of anilines is 2. The summed E-state index contributed by atoms with van der Waals surface area (Å²) in [5, 5.41) is 8.77. The fourth-order valence-electron chi connectivity index (χ4n) is 1.64. The van der Waals surface area contributed by atoms with Crippen LogP contribution in [0.5, 0.6) is 0 Å². The van der Waals surface area contributed by atoms with E-state index in [2.05, 4.69) is 16.0 Å². The van der Waals surface area contributed by atoms with Crippen LogP contribution in [-0.4, -0.2) is 19.1 Å². The van der Waals surface area contributed by atoms with Crippen molar-refractivity contribution in [2.75, 3.05) is 23.7 Å². The van der Waals surface area contributed by atoms with Crippen LogP contribution in [0.15, 0.2) is 60.7 Å². The smallest absolute Gasteiger partial charge is 0.319 e. The topological polar surface area (TPSA) is 53.2 Å². The zero-order valence-corrected chi connectivity index (χ0v) is 10.6. The van der Waals surface area contributed by atoms with Crippen LogP contribution in [0.2, 0.25) is 0 Å². The standard InChI is InChI=1S/C15H17N3O/c19-15(18-14-9-5-2-6-10-14)17-12-11-16-13-7-3-1-4-8-13/h1-10,16H,11-12H2,(H2,17,18,19). The molecule has 0 saturated heterocycles. The predicted octanol–water partition coefficient (Wildman–Crippen LogP) is 2.92. The Kier molecular flexibility index (Phi) is 4.81. The minimum Gasteiger partial charge on any atom is -0.383 e. The van der Waals surface area contributed by atoms with Crippen LogP contribution < -0.4 is 16.0 Å². The van der Waals surface area contributed by atoms with Gasteiger partial charge in [0.25, 0.3) is 0 Å². The molecule has 0 aliphatic carbocycles. The van der Waals surface area contributed by atoms with Gasteiger partial charge in [-0.2, -0.15) is 0 Å². The number of rotatable bonds is 5. The molecule has 0 aliphatic heterocycles. The Hall–Kier alpha value is -2.49. The van der Waals surface area contributed by atoms with Gasteiger partial charge in [0.2, 0.25) is 0 Å². The van der Waals surface area contributed by atoms with Crippen molar-refractivity contribution in [1.29, 1.82) is 0 Å². The van der Waals surface area contributed by atoms with Crippen molar-refractivity contribution in [3.63, 3.8) is 0 Å². The number of hydrogen-bond donors (Lipinski definition) is 3. The fraction of sp³-hybridized carbons (Fsp3) is 0.133. The normalized spacial score (nSPS) is 9.68. The van der Waals surface area contributed by atoms with Gasteiger partial charge < -0.3 is 16.0 Å². The number of amides is 2. The fourth-order valence-corrected chi connectivity index (χ4v) is 1.64. The number of carbonyl (C=O) groups excluding carboxylic acids is 1. The Morgan fingerprint density at radius 2 is 1.37 bits per heavy atom. The molecule has 98 valence electrons. The van der Waals surface area contributed by atoms with Crippen LogP contribution in [0.3, 0.4) is 0 Å². The maximum Gasteiger partial charge on any atom is 0.319 e. The summed E-state index contributed by atoms with van der Waals surface area (Å²) in [6.45, 7) is 1.25. The molecule has 0 atom stereocenters. The summed E-state index contributed by atoms with van der Waals surface area (Å²) in [4.78, 5) is 11.6. The van der Waals surface area contributed by atoms with Gasteiger partial charge in [0, 0.05) is 24.5 Å². The van der Waals surface area contributed by atoms with Gasteiger partial charge in [-0.15, -0.1) is 0 Å². The maximum absolute atomic E-state index is 11.6. The first-order valence-electron chi connectivity index (χ1n) is 6.23. The number of benzene rings is 2. The van der Waals surface area contributed by atoms with Crippen LogP contribution >= 0.6 is 0 Å². The molecular weight excluding hydrogens is 238 g/mol. The molecule has 2 rings (SSSR count). The van der Waals surface area contributed by atoms with E-state index < -0.39 is 0 Å². The van der Waals surface area contributed by atoms with E-state index in [9.17, 15) is 4.79 Å². The lowest BCUT2D eigenvalue weighted by atomic mass is 10.3. The largest absolute Gasteiger partial charge is 0.383 e. The SMILES string of the molecule is O=C(NCCNc1ccccc1)Nc1ccccc1. The Morgan fingerprint density at radius 1 is 0.789 bits per heavy atom. The second-order valence-corrected chi connectivity index (χ2v) is 4.04. The minimum atomic E-state index is -0.193. The van der Waals surface area contributed by atoms with Crippen LogP contribution in [0.25, 0.3) is 0 Å². The lowest BCUT2D eigenvalue weighted by molar-refractivity contribution is 0.252. The first kappa shape index (κ1) is 13.0. The van der Waals surface area contributed by atoms with Crippen molar-refractivity contribution in [2.24, 2.45) is 0 Å². The highest BCUT2D eigenvalue weighted by atomic mass is 16.2. The van der Waals surface area contributed by atoms with Crippen molar-refractivity contribution < 1.29 is 4.79 Å². The van der Waals surface area contributed by atoms with E-state index in [1.54, 1.807) is 0 Å². The van der Waals surface area contributed by atoms with Gasteiger partial charge in [0.15, 0.2) is 0 Å².